The van der Waals surface area contributed by atoms with Crippen LogP contribution in [-0.2, 0) is 17.1 Å². The van der Waals surface area contributed by atoms with Gasteiger partial charge in [0.05, 0.1) is 0 Å². The third-order valence-electron chi connectivity index (χ3n) is 3.27. The molecule has 108 valence electrons. The lowest BCUT2D eigenvalue weighted by atomic mass is 10.1. The van der Waals surface area contributed by atoms with Crippen molar-refractivity contribution in [2.24, 2.45) is 7.05 Å². The van der Waals surface area contributed by atoms with E-state index in [4.69, 9.17) is 0 Å². The zero-order valence-electron chi connectivity index (χ0n) is 11.0. The minimum Gasteiger partial charge on any atom is -0.302 e. The summed E-state index contributed by atoms with van der Waals surface area (Å²) in [6, 6.07) is -0.0551. The van der Waals surface area contributed by atoms with Gasteiger partial charge >= 0.3 is 0 Å². The number of hydrogen-bond acceptors (Lipinski definition) is 5. The van der Waals surface area contributed by atoms with E-state index in [1.807, 2.05) is 0 Å². The predicted molar refractivity (Wildman–Crippen MR) is 74.2 cm³/mol. The highest BCUT2D eigenvalue weighted by molar-refractivity contribution is 9.10. The van der Waals surface area contributed by atoms with E-state index >= 15 is 0 Å². The van der Waals surface area contributed by atoms with Crippen LogP contribution in [0.4, 0.5) is 0 Å². The largest absolute Gasteiger partial charge is 0.302 e. The highest BCUT2D eigenvalue weighted by Gasteiger charge is 2.29. The zero-order valence-corrected chi connectivity index (χ0v) is 13.4. The van der Waals surface area contributed by atoms with Gasteiger partial charge in [0.15, 0.2) is 4.60 Å². The maximum Gasteiger partial charge on any atom is 0.260 e. The van der Waals surface area contributed by atoms with E-state index in [0.717, 1.165) is 32.5 Å². The Morgan fingerprint density at radius 3 is 2.84 bits per heavy atom. The minimum absolute atomic E-state index is 0.0551. The molecule has 1 N–H and O–H groups in total. The van der Waals surface area contributed by atoms with Gasteiger partial charge < -0.3 is 4.90 Å². The molecule has 0 bridgehead atoms. The average molecular weight is 352 g/mol. The maximum absolute atomic E-state index is 12.3. The first kappa shape index (κ1) is 14.9. The highest BCUT2D eigenvalue weighted by atomic mass is 79.9. The number of nitrogens with zero attached hydrogens (tertiary/aromatic N) is 4. The monoisotopic (exact) mass is 351 g/mol. The number of halogens is 1. The Morgan fingerprint density at radius 1 is 1.53 bits per heavy atom. The van der Waals surface area contributed by atoms with Crippen LogP contribution in [0.25, 0.3) is 0 Å². The molecule has 1 aromatic rings. The molecule has 1 aliphatic rings. The Kier molecular flexibility index (Phi) is 4.59. The van der Waals surface area contributed by atoms with Crippen molar-refractivity contribution in [3.8, 4) is 0 Å². The van der Waals surface area contributed by atoms with Crippen LogP contribution in [0, 0.1) is 0 Å². The molecule has 1 unspecified atom stereocenters. The summed E-state index contributed by atoms with van der Waals surface area (Å²) in [6.07, 6.45) is 1.87. The summed E-state index contributed by atoms with van der Waals surface area (Å²) in [5, 5.41) is 7.47. The first-order valence-corrected chi connectivity index (χ1v) is 8.51. The molecule has 0 aliphatic carbocycles. The van der Waals surface area contributed by atoms with Gasteiger partial charge in [-0.15, -0.1) is 5.10 Å². The van der Waals surface area contributed by atoms with Crippen LogP contribution in [0.2, 0.25) is 0 Å². The van der Waals surface area contributed by atoms with Crippen LogP contribution in [-0.4, -0.2) is 54.0 Å². The fourth-order valence-electron chi connectivity index (χ4n) is 2.32. The molecule has 0 saturated carbocycles. The fraction of sp³-hybridized carbons (Fsp3) is 0.800. The topological polar surface area (TPSA) is 80.1 Å². The molecule has 0 amide bonds. The third-order valence-corrected chi connectivity index (χ3v) is 5.67. The number of likely N-dealkylation sites (tertiary alicyclic amines) is 1. The molecule has 2 rings (SSSR count). The molecule has 1 saturated heterocycles. The molecule has 0 aromatic carbocycles. The number of sulfonamides is 1. The predicted octanol–water partition coefficient (Wildman–Crippen LogP) is 0.340. The number of likely N-dealkylation sites (N-methyl/N-ethyl adjacent to an activating group) is 1. The van der Waals surface area contributed by atoms with Gasteiger partial charge in [-0.05, 0) is 41.9 Å². The third kappa shape index (κ3) is 3.33. The SMILES string of the molecule is CCN1CCCC(NS(=O)(=O)c2c(Br)nnn2C)C1. The molecule has 1 atom stereocenters. The highest BCUT2D eigenvalue weighted by Crippen LogP contribution is 2.19. The second-order valence-corrected chi connectivity index (χ2v) is 7.04. The van der Waals surface area contributed by atoms with Crippen molar-refractivity contribution in [3.63, 3.8) is 0 Å². The number of nitrogens with one attached hydrogen (secondary N) is 1. The van der Waals surface area contributed by atoms with Crippen LogP contribution in [0.15, 0.2) is 9.63 Å². The van der Waals surface area contributed by atoms with Crippen LogP contribution >= 0.6 is 15.9 Å². The molecule has 9 heteroatoms. The summed E-state index contributed by atoms with van der Waals surface area (Å²) >= 11 is 3.12. The zero-order chi connectivity index (χ0) is 14.0. The van der Waals surface area contributed by atoms with Gasteiger partial charge in [0.25, 0.3) is 10.0 Å². The number of piperidine rings is 1. The van der Waals surface area contributed by atoms with Crippen LogP contribution in [0.3, 0.4) is 0 Å². The van der Waals surface area contributed by atoms with E-state index in [0.29, 0.717) is 0 Å². The van der Waals surface area contributed by atoms with Crippen molar-refractivity contribution in [3.05, 3.63) is 4.60 Å². The Morgan fingerprint density at radius 2 is 2.26 bits per heavy atom. The molecule has 1 aromatic heterocycles. The van der Waals surface area contributed by atoms with Crippen molar-refractivity contribution in [2.75, 3.05) is 19.6 Å². The summed E-state index contributed by atoms with van der Waals surface area (Å²) in [7, 11) is -2.03. The van der Waals surface area contributed by atoms with Crippen molar-refractivity contribution in [1.29, 1.82) is 0 Å². The number of hydrogen-bond donors (Lipinski definition) is 1. The van der Waals surface area contributed by atoms with E-state index in [9.17, 15) is 8.42 Å². The molecule has 19 heavy (non-hydrogen) atoms. The Labute approximate surface area is 121 Å². The molecule has 0 spiro atoms. The number of aryl methyl sites for hydroxylation is 1. The van der Waals surface area contributed by atoms with Crippen molar-refractivity contribution >= 4 is 26.0 Å². The molecule has 0 radical (unpaired) electrons. The second-order valence-electron chi connectivity index (χ2n) is 4.66. The van der Waals surface area contributed by atoms with Crippen molar-refractivity contribution < 1.29 is 8.42 Å². The number of rotatable bonds is 4. The molecule has 1 fully saturated rings. The van der Waals surface area contributed by atoms with Gasteiger partial charge in [-0.25, -0.2) is 17.8 Å². The maximum atomic E-state index is 12.3. The van der Waals surface area contributed by atoms with Crippen LogP contribution in [0.5, 0.6) is 0 Å². The Balaban J connectivity index is 2.14. The molecule has 7 nitrogen and oxygen atoms in total. The summed E-state index contributed by atoms with van der Waals surface area (Å²) in [5.74, 6) is 0. The lowest BCUT2D eigenvalue weighted by molar-refractivity contribution is 0.211. The summed E-state index contributed by atoms with van der Waals surface area (Å²) in [4.78, 5) is 2.24. The van der Waals surface area contributed by atoms with E-state index < -0.39 is 10.0 Å². The lowest BCUT2D eigenvalue weighted by Crippen LogP contribution is -2.47. The summed E-state index contributed by atoms with van der Waals surface area (Å²) in [5.41, 5.74) is 0. The number of aromatic nitrogens is 3. The first-order valence-electron chi connectivity index (χ1n) is 6.24. The normalized spacial score (nSPS) is 21.7. The van der Waals surface area contributed by atoms with Gasteiger partial charge in [0.1, 0.15) is 0 Å². The van der Waals surface area contributed by atoms with Gasteiger partial charge in [0, 0.05) is 19.6 Å². The van der Waals surface area contributed by atoms with Crippen LogP contribution in [0.1, 0.15) is 19.8 Å². The van der Waals surface area contributed by atoms with Gasteiger partial charge in [-0.3, -0.25) is 0 Å². The molecule has 1 aliphatic heterocycles. The van der Waals surface area contributed by atoms with E-state index in [1.165, 1.54) is 4.68 Å². The van der Waals surface area contributed by atoms with E-state index in [2.05, 4.69) is 42.8 Å². The molecular formula is C10H18BrN5O2S. The summed E-state index contributed by atoms with van der Waals surface area (Å²) < 4.78 is 28.9. The van der Waals surface area contributed by atoms with Gasteiger partial charge in [0.2, 0.25) is 5.03 Å². The smallest absolute Gasteiger partial charge is 0.260 e. The van der Waals surface area contributed by atoms with Crippen molar-refractivity contribution in [1.82, 2.24) is 24.6 Å². The van der Waals surface area contributed by atoms with Crippen LogP contribution < -0.4 is 4.72 Å². The van der Waals surface area contributed by atoms with E-state index in [1.54, 1.807) is 7.05 Å². The molecule has 2 heterocycles. The lowest BCUT2D eigenvalue weighted by Gasteiger charge is -2.31. The van der Waals surface area contributed by atoms with E-state index in [-0.39, 0.29) is 15.7 Å². The molecular weight excluding hydrogens is 334 g/mol. The Hall–Kier alpha value is -0.510. The second kappa shape index (κ2) is 5.86. The quantitative estimate of drug-likeness (QED) is 0.845. The Bertz CT molecular complexity index is 525. The average Bonchev–Trinajstić information content (AvgIpc) is 2.69. The fourth-order valence-corrected chi connectivity index (χ4v) is 4.68. The standard InChI is InChI=1S/C10H18BrN5O2S/c1-3-16-6-4-5-8(7-16)13-19(17,18)10-9(11)12-14-15(10)2/h8,13H,3-7H2,1-2H3. The van der Waals surface area contributed by atoms with Gasteiger partial charge in [-0.1, -0.05) is 12.1 Å². The summed E-state index contributed by atoms with van der Waals surface area (Å²) in [6.45, 7) is 4.80. The minimum atomic E-state index is -3.60. The van der Waals surface area contributed by atoms with Crippen molar-refractivity contribution in [2.45, 2.75) is 30.8 Å². The van der Waals surface area contributed by atoms with Gasteiger partial charge in [-0.2, -0.15) is 0 Å². The first-order chi connectivity index (χ1) is 8.94.